The molecule has 3 rings (SSSR count). The van der Waals surface area contributed by atoms with Crippen LogP contribution in [0.15, 0.2) is 49.2 Å². The molecular weight excluding hydrogens is 583 g/mol. The van der Waals surface area contributed by atoms with Crippen molar-refractivity contribution in [2.75, 3.05) is 13.7 Å². The van der Waals surface area contributed by atoms with Gasteiger partial charge in [0.1, 0.15) is 5.75 Å². The highest BCUT2D eigenvalue weighted by Crippen LogP contribution is 2.37. The largest absolute Gasteiger partial charge is 0.480 e. The van der Waals surface area contributed by atoms with Gasteiger partial charge in [0.2, 0.25) is 0 Å². The maximum atomic E-state index is 12.3. The Morgan fingerprint density at radius 1 is 1.27 bits per heavy atom. The highest BCUT2D eigenvalue weighted by Gasteiger charge is 2.24. The number of aliphatic imine (C=N–C) groups is 1. The number of hydrogen-bond acceptors (Lipinski definition) is 6. The van der Waals surface area contributed by atoms with Gasteiger partial charge >= 0.3 is 5.97 Å². The van der Waals surface area contributed by atoms with Gasteiger partial charge in [-0.15, -0.1) is 0 Å². The van der Waals surface area contributed by atoms with Gasteiger partial charge < -0.3 is 14.8 Å². The smallest absolute Gasteiger partial charge is 0.343 e. The van der Waals surface area contributed by atoms with Crippen LogP contribution in [0.25, 0.3) is 6.08 Å². The van der Waals surface area contributed by atoms with E-state index in [2.05, 4.69) is 46.9 Å². The molecule has 156 valence electrons. The van der Waals surface area contributed by atoms with Crippen LogP contribution in [0.2, 0.25) is 10.0 Å². The topological polar surface area (TPSA) is 77.0 Å². The van der Waals surface area contributed by atoms with E-state index >= 15 is 0 Å². The third kappa shape index (κ3) is 5.59. The Labute approximate surface area is 203 Å². The van der Waals surface area contributed by atoms with Gasteiger partial charge in [-0.2, -0.15) is 0 Å². The fraction of sp³-hybridized carbons (Fsp3) is 0.105. The number of hydrogen-bond donors (Lipinski definition) is 1. The molecule has 0 unspecified atom stereocenters. The molecule has 0 radical (unpaired) electrons. The molecule has 1 heterocycles. The zero-order valence-corrected chi connectivity index (χ0v) is 20.7. The summed E-state index contributed by atoms with van der Waals surface area (Å²) in [5.41, 5.74) is 1.20. The number of esters is 1. The molecular formula is C19H12Br2Cl2N2O4S. The number of halogens is 4. The molecule has 11 heteroatoms. The molecule has 0 saturated carbocycles. The normalized spacial score (nSPS) is 16.1. The second-order valence-corrected chi connectivity index (χ2v) is 9.26. The summed E-state index contributed by atoms with van der Waals surface area (Å²) >= 11 is 20.2. The Kier molecular flexibility index (Phi) is 7.86. The molecule has 1 fully saturated rings. The number of nitrogens with zero attached hydrogens (tertiary/aromatic N) is 1. The van der Waals surface area contributed by atoms with E-state index in [-0.39, 0.29) is 12.5 Å². The summed E-state index contributed by atoms with van der Waals surface area (Å²) in [6, 6.07) is 8.62. The molecule has 1 amide bonds. The summed E-state index contributed by atoms with van der Waals surface area (Å²) in [4.78, 5) is 28.4. The molecule has 1 N–H and O–H groups in total. The van der Waals surface area contributed by atoms with E-state index in [0.29, 0.717) is 40.5 Å². The second kappa shape index (κ2) is 10.2. The lowest BCUT2D eigenvalue weighted by atomic mass is 10.2. The first kappa shape index (κ1) is 23.1. The molecule has 0 bridgehead atoms. The molecule has 0 spiro atoms. The minimum absolute atomic E-state index is 0.224. The number of amidine groups is 1. The molecule has 2 aromatic carbocycles. The van der Waals surface area contributed by atoms with Gasteiger partial charge in [-0.3, -0.25) is 4.79 Å². The van der Waals surface area contributed by atoms with Crippen molar-refractivity contribution < 1.29 is 19.1 Å². The van der Waals surface area contributed by atoms with Crippen LogP contribution >= 0.6 is 66.8 Å². The van der Waals surface area contributed by atoms with Crippen molar-refractivity contribution in [1.82, 2.24) is 5.32 Å². The first-order chi connectivity index (χ1) is 14.3. The SMILES string of the molecule is COC(=O)COc1c(Br)cc(/C=C2\SC(=Nc3cccc(Cl)c3Cl)NC2=O)cc1Br. The summed E-state index contributed by atoms with van der Waals surface area (Å²) in [7, 11) is 1.28. The zero-order valence-electron chi connectivity index (χ0n) is 15.2. The molecule has 1 aliphatic heterocycles. The van der Waals surface area contributed by atoms with Crippen molar-refractivity contribution in [1.29, 1.82) is 0 Å². The van der Waals surface area contributed by atoms with Crippen LogP contribution in [0.1, 0.15) is 5.56 Å². The van der Waals surface area contributed by atoms with E-state index in [1.807, 2.05) is 0 Å². The molecule has 6 nitrogen and oxygen atoms in total. The van der Waals surface area contributed by atoms with Crippen molar-refractivity contribution in [3.8, 4) is 5.75 Å². The summed E-state index contributed by atoms with van der Waals surface area (Å²) in [6.07, 6.45) is 1.71. The fourth-order valence-corrected chi connectivity index (χ4v) is 4.93. The number of thioether (sulfide) groups is 1. The van der Waals surface area contributed by atoms with Crippen molar-refractivity contribution >= 4 is 95.6 Å². The summed E-state index contributed by atoms with van der Waals surface area (Å²) in [5, 5.41) is 3.80. The predicted molar refractivity (Wildman–Crippen MR) is 127 cm³/mol. The third-order valence-corrected chi connectivity index (χ3v) is 6.58. The lowest BCUT2D eigenvalue weighted by molar-refractivity contribution is -0.142. The molecule has 1 aliphatic rings. The Balaban J connectivity index is 1.81. The van der Waals surface area contributed by atoms with Gasteiger partial charge in [0.15, 0.2) is 11.8 Å². The van der Waals surface area contributed by atoms with Crippen LogP contribution in [0.5, 0.6) is 5.75 Å². The average molecular weight is 595 g/mol. The molecule has 0 aliphatic carbocycles. The van der Waals surface area contributed by atoms with Crippen molar-refractivity contribution in [2.45, 2.75) is 0 Å². The highest BCUT2D eigenvalue weighted by molar-refractivity contribution is 9.11. The van der Waals surface area contributed by atoms with Gasteiger partial charge in [0, 0.05) is 0 Å². The van der Waals surface area contributed by atoms with Gasteiger partial charge in [-0.25, -0.2) is 9.79 Å². The number of benzene rings is 2. The second-order valence-electron chi connectivity index (χ2n) is 5.73. The number of rotatable bonds is 5. The Bertz CT molecular complexity index is 1070. The van der Waals surface area contributed by atoms with Crippen LogP contribution < -0.4 is 10.1 Å². The molecule has 0 atom stereocenters. The van der Waals surface area contributed by atoms with Crippen LogP contribution in [0, 0.1) is 0 Å². The van der Waals surface area contributed by atoms with Crippen LogP contribution in [0.4, 0.5) is 5.69 Å². The van der Waals surface area contributed by atoms with E-state index in [0.717, 1.165) is 5.56 Å². The van der Waals surface area contributed by atoms with Gasteiger partial charge in [0.05, 0.1) is 36.7 Å². The number of amides is 1. The van der Waals surface area contributed by atoms with E-state index in [1.54, 1.807) is 36.4 Å². The lowest BCUT2D eigenvalue weighted by Gasteiger charge is -2.10. The van der Waals surface area contributed by atoms with E-state index < -0.39 is 5.97 Å². The Hall–Kier alpha value is -1.52. The molecule has 2 aromatic rings. The minimum Gasteiger partial charge on any atom is -0.480 e. The maximum Gasteiger partial charge on any atom is 0.343 e. The third-order valence-electron chi connectivity index (χ3n) is 3.68. The first-order valence-corrected chi connectivity index (χ1v) is 11.4. The summed E-state index contributed by atoms with van der Waals surface area (Å²) in [5.74, 6) is -0.329. The van der Waals surface area contributed by atoms with Crippen LogP contribution in [-0.2, 0) is 14.3 Å². The van der Waals surface area contributed by atoms with Gasteiger partial charge in [0.25, 0.3) is 5.91 Å². The monoisotopic (exact) mass is 592 g/mol. The standard InChI is InChI=1S/C19H12Br2Cl2N2O4S/c1-28-15(26)8-29-17-10(20)5-9(6-11(17)21)7-14-18(27)25-19(30-14)24-13-4-2-3-12(22)16(13)23/h2-7H,8H2,1H3,(H,24,25,27)/b14-7-. The fourth-order valence-electron chi connectivity index (χ4n) is 2.31. The van der Waals surface area contributed by atoms with Gasteiger partial charge in [-0.05, 0) is 79.5 Å². The number of carbonyl (C=O) groups excluding carboxylic acids is 2. The molecule has 1 saturated heterocycles. The number of carbonyl (C=O) groups is 2. The summed E-state index contributed by atoms with van der Waals surface area (Å²) < 4.78 is 11.2. The van der Waals surface area contributed by atoms with Gasteiger partial charge in [-0.1, -0.05) is 29.3 Å². The van der Waals surface area contributed by atoms with Crippen LogP contribution in [0.3, 0.4) is 0 Å². The summed E-state index contributed by atoms with van der Waals surface area (Å²) in [6.45, 7) is -0.224. The molecule has 0 aromatic heterocycles. The van der Waals surface area contributed by atoms with Crippen molar-refractivity contribution in [3.63, 3.8) is 0 Å². The predicted octanol–water partition coefficient (Wildman–Crippen LogP) is 5.96. The van der Waals surface area contributed by atoms with Crippen molar-refractivity contribution in [3.05, 3.63) is 59.8 Å². The van der Waals surface area contributed by atoms with E-state index in [9.17, 15) is 9.59 Å². The van der Waals surface area contributed by atoms with E-state index in [1.165, 1.54) is 18.9 Å². The molecule has 30 heavy (non-hydrogen) atoms. The van der Waals surface area contributed by atoms with Crippen LogP contribution in [-0.4, -0.2) is 30.8 Å². The first-order valence-electron chi connectivity index (χ1n) is 8.20. The quantitative estimate of drug-likeness (QED) is 0.341. The lowest BCUT2D eigenvalue weighted by Crippen LogP contribution is -2.19. The zero-order chi connectivity index (χ0) is 21.8. The van der Waals surface area contributed by atoms with E-state index in [4.69, 9.17) is 27.9 Å². The highest BCUT2D eigenvalue weighted by atomic mass is 79.9. The number of nitrogens with one attached hydrogen (secondary N) is 1. The Morgan fingerprint density at radius 3 is 2.63 bits per heavy atom. The number of ether oxygens (including phenoxy) is 2. The number of methoxy groups -OCH3 is 1. The van der Waals surface area contributed by atoms with Crippen molar-refractivity contribution in [2.24, 2.45) is 4.99 Å². The average Bonchev–Trinajstić information content (AvgIpc) is 3.03. The Morgan fingerprint density at radius 2 is 1.97 bits per heavy atom. The maximum absolute atomic E-state index is 12.3. The minimum atomic E-state index is -0.495.